The molecule has 3 heteroatoms. The summed E-state index contributed by atoms with van der Waals surface area (Å²) < 4.78 is 2.01. The predicted molar refractivity (Wildman–Crippen MR) is 92.4 cm³/mol. The first-order chi connectivity index (χ1) is 11.1. The van der Waals surface area contributed by atoms with Crippen molar-refractivity contribution in [2.24, 2.45) is 0 Å². The van der Waals surface area contributed by atoms with E-state index in [1.54, 1.807) is 6.20 Å². The van der Waals surface area contributed by atoms with E-state index in [9.17, 15) is 5.11 Å². The van der Waals surface area contributed by atoms with Crippen molar-refractivity contribution in [3.05, 3.63) is 89.0 Å². The van der Waals surface area contributed by atoms with Crippen molar-refractivity contribution in [3.63, 3.8) is 0 Å². The maximum absolute atomic E-state index is 10.6. The summed E-state index contributed by atoms with van der Waals surface area (Å²) in [7, 11) is 0. The smallest absolute Gasteiger partial charge is 0.138 e. The van der Waals surface area contributed by atoms with Gasteiger partial charge < -0.3 is 9.67 Å². The second-order valence-corrected chi connectivity index (χ2v) is 6.04. The molecule has 0 aliphatic carbocycles. The molecule has 3 rings (SSSR count). The van der Waals surface area contributed by atoms with Gasteiger partial charge in [0.1, 0.15) is 11.9 Å². The topological polar surface area (TPSA) is 38.1 Å². The van der Waals surface area contributed by atoms with Crippen LogP contribution in [0.25, 0.3) is 0 Å². The lowest BCUT2D eigenvalue weighted by Crippen LogP contribution is -2.11. The summed E-state index contributed by atoms with van der Waals surface area (Å²) in [5, 5.41) is 10.6. The van der Waals surface area contributed by atoms with E-state index in [2.05, 4.69) is 49.2 Å². The SMILES string of the molecule is Cc1ccc(CC(O)c2nccn2Cc2ccccc2)cc1C. The Morgan fingerprint density at radius 3 is 2.52 bits per heavy atom. The molecule has 1 aromatic heterocycles. The van der Waals surface area contributed by atoms with Gasteiger partial charge in [-0.15, -0.1) is 0 Å². The van der Waals surface area contributed by atoms with Crippen LogP contribution in [0.3, 0.4) is 0 Å². The Morgan fingerprint density at radius 2 is 1.78 bits per heavy atom. The second kappa shape index (κ2) is 6.80. The Morgan fingerprint density at radius 1 is 1.00 bits per heavy atom. The number of aromatic nitrogens is 2. The van der Waals surface area contributed by atoms with E-state index in [0.29, 0.717) is 12.2 Å². The third kappa shape index (κ3) is 3.69. The third-order valence-corrected chi connectivity index (χ3v) is 4.24. The van der Waals surface area contributed by atoms with Crippen molar-refractivity contribution in [2.45, 2.75) is 32.9 Å². The fourth-order valence-corrected chi connectivity index (χ4v) is 2.78. The van der Waals surface area contributed by atoms with Crippen LogP contribution in [-0.4, -0.2) is 14.7 Å². The molecule has 0 bridgehead atoms. The first kappa shape index (κ1) is 15.5. The van der Waals surface area contributed by atoms with Gasteiger partial charge in [0.25, 0.3) is 0 Å². The van der Waals surface area contributed by atoms with Crippen molar-refractivity contribution in [3.8, 4) is 0 Å². The van der Waals surface area contributed by atoms with Crippen molar-refractivity contribution >= 4 is 0 Å². The second-order valence-electron chi connectivity index (χ2n) is 6.04. The maximum Gasteiger partial charge on any atom is 0.138 e. The molecule has 3 aromatic rings. The van der Waals surface area contributed by atoms with Crippen molar-refractivity contribution in [1.29, 1.82) is 0 Å². The number of hydrogen-bond donors (Lipinski definition) is 1. The van der Waals surface area contributed by atoms with Crippen LogP contribution in [0.4, 0.5) is 0 Å². The van der Waals surface area contributed by atoms with E-state index in [1.165, 1.54) is 16.7 Å². The Hall–Kier alpha value is -2.39. The Bertz CT molecular complexity index is 777. The highest BCUT2D eigenvalue weighted by Crippen LogP contribution is 2.20. The normalized spacial score (nSPS) is 12.3. The Kier molecular flexibility index (Phi) is 4.58. The summed E-state index contributed by atoms with van der Waals surface area (Å²) in [6.07, 6.45) is 3.65. The summed E-state index contributed by atoms with van der Waals surface area (Å²) in [5.41, 5.74) is 4.86. The highest BCUT2D eigenvalue weighted by Gasteiger charge is 2.15. The Balaban J connectivity index is 1.76. The monoisotopic (exact) mass is 306 g/mol. The molecule has 1 unspecified atom stereocenters. The van der Waals surface area contributed by atoms with Crippen molar-refractivity contribution in [1.82, 2.24) is 9.55 Å². The lowest BCUT2D eigenvalue weighted by Gasteiger charge is -2.14. The van der Waals surface area contributed by atoms with Crippen LogP contribution >= 0.6 is 0 Å². The number of aliphatic hydroxyl groups excluding tert-OH is 1. The molecule has 1 heterocycles. The number of aryl methyl sites for hydroxylation is 2. The number of benzene rings is 2. The Labute approximate surface area is 137 Å². The van der Waals surface area contributed by atoms with E-state index in [0.717, 1.165) is 12.1 Å². The minimum Gasteiger partial charge on any atom is -0.385 e. The van der Waals surface area contributed by atoms with Gasteiger partial charge in [0.2, 0.25) is 0 Å². The van der Waals surface area contributed by atoms with Gasteiger partial charge in [-0.25, -0.2) is 4.98 Å². The average molecular weight is 306 g/mol. The molecule has 1 N–H and O–H groups in total. The molecule has 0 spiro atoms. The summed E-state index contributed by atoms with van der Waals surface area (Å²) in [4.78, 5) is 4.36. The van der Waals surface area contributed by atoms with E-state index in [4.69, 9.17) is 0 Å². The van der Waals surface area contributed by atoms with E-state index in [1.807, 2.05) is 29.0 Å². The van der Waals surface area contributed by atoms with Crippen molar-refractivity contribution < 1.29 is 5.11 Å². The van der Waals surface area contributed by atoms with Crippen molar-refractivity contribution in [2.75, 3.05) is 0 Å². The molecule has 0 saturated heterocycles. The number of nitrogens with zero attached hydrogens (tertiary/aromatic N) is 2. The van der Waals surface area contributed by atoms with E-state index >= 15 is 0 Å². The molecule has 2 aromatic carbocycles. The highest BCUT2D eigenvalue weighted by atomic mass is 16.3. The van der Waals surface area contributed by atoms with Gasteiger partial charge >= 0.3 is 0 Å². The minimum absolute atomic E-state index is 0.576. The molecule has 118 valence electrons. The molecule has 23 heavy (non-hydrogen) atoms. The zero-order chi connectivity index (χ0) is 16.2. The number of hydrogen-bond acceptors (Lipinski definition) is 2. The van der Waals surface area contributed by atoms with E-state index in [-0.39, 0.29) is 0 Å². The largest absolute Gasteiger partial charge is 0.385 e. The molecule has 3 nitrogen and oxygen atoms in total. The maximum atomic E-state index is 10.6. The van der Waals surface area contributed by atoms with Crippen LogP contribution in [-0.2, 0) is 13.0 Å². The first-order valence-electron chi connectivity index (χ1n) is 7.92. The number of imidazole rings is 1. The molecular weight excluding hydrogens is 284 g/mol. The number of rotatable bonds is 5. The van der Waals surface area contributed by atoms with Gasteiger partial charge in [0.15, 0.2) is 0 Å². The van der Waals surface area contributed by atoms with Gasteiger partial charge in [-0.2, -0.15) is 0 Å². The van der Waals surface area contributed by atoms with Gasteiger partial charge in [-0.3, -0.25) is 0 Å². The molecule has 0 amide bonds. The standard InChI is InChI=1S/C20H22N2O/c1-15-8-9-18(12-16(15)2)13-19(23)20-21-10-11-22(20)14-17-6-4-3-5-7-17/h3-12,19,23H,13-14H2,1-2H3. The quantitative estimate of drug-likeness (QED) is 0.778. The van der Waals surface area contributed by atoms with Crippen LogP contribution in [0.1, 0.15) is 34.2 Å². The van der Waals surface area contributed by atoms with Crippen LogP contribution in [0, 0.1) is 13.8 Å². The minimum atomic E-state index is -0.601. The van der Waals surface area contributed by atoms with Gasteiger partial charge in [-0.05, 0) is 36.1 Å². The zero-order valence-electron chi connectivity index (χ0n) is 13.6. The third-order valence-electron chi connectivity index (χ3n) is 4.24. The van der Waals surface area contributed by atoms with E-state index < -0.39 is 6.10 Å². The fourth-order valence-electron chi connectivity index (χ4n) is 2.78. The molecule has 1 atom stereocenters. The van der Waals surface area contributed by atoms with Crippen LogP contribution in [0.2, 0.25) is 0 Å². The molecule has 0 saturated carbocycles. The lowest BCUT2D eigenvalue weighted by atomic mass is 10.0. The molecule has 0 fully saturated rings. The molecule has 0 aliphatic rings. The summed E-state index contributed by atoms with van der Waals surface area (Å²) in [5.74, 6) is 0.715. The zero-order valence-corrected chi connectivity index (χ0v) is 13.6. The van der Waals surface area contributed by atoms with Gasteiger partial charge in [0.05, 0.1) is 0 Å². The summed E-state index contributed by atoms with van der Waals surface area (Å²) in [6, 6.07) is 16.5. The lowest BCUT2D eigenvalue weighted by molar-refractivity contribution is 0.164. The van der Waals surface area contributed by atoms with Gasteiger partial charge in [0, 0.05) is 25.4 Å². The van der Waals surface area contributed by atoms with Crippen LogP contribution < -0.4 is 0 Å². The molecule has 0 radical (unpaired) electrons. The summed E-state index contributed by atoms with van der Waals surface area (Å²) >= 11 is 0. The van der Waals surface area contributed by atoms with Crippen LogP contribution in [0.5, 0.6) is 0 Å². The fraction of sp³-hybridized carbons (Fsp3) is 0.250. The predicted octanol–water partition coefficient (Wildman–Crippen LogP) is 3.82. The van der Waals surface area contributed by atoms with Crippen LogP contribution in [0.15, 0.2) is 60.9 Å². The average Bonchev–Trinajstić information content (AvgIpc) is 3.00. The molecule has 0 aliphatic heterocycles. The van der Waals surface area contributed by atoms with Gasteiger partial charge in [-0.1, -0.05) is 48.5 Å². The summed E-state index contributed by atoms with van der Waals surface area (Å²) in [6.45, 7) is 4.92. The highest BCUT2D eigenvalue weighted by molar-refractivity contribution is 5.30. The molecular formula is C20H22N2O. The first-order valence-corrected chi connectivity index (χ1v) is 7.92. The number of aliphatic hydroxyl groups is 1.